The number of hydrogen-bond acceptors (Lipinski definition) is 9. The first kappa shape index (κ1) is 46.7. The summed E-state index contributed by atoms with van der Waals surface area (Å²) in [5.41, 5.74) is 9.11. The molecule has 5 amide bonds. The molecule has 8 atom stereocenters. The van der Waals surface area contributed by atoms with E-state index >= 15 is 0 Å². The number of H-pyrrole nitrogens is 1. The zero-order valence-corrected chi connectivity index (χ0v) is 40.1. The fourth-order valence-electron chi connectivity index (χ4n) is 12.7. The number of fused-ring (bicyclic) bond motifs is 2. The average molecular weight is 919 g/mol. The second kappa shape index (κ2) is 19.3. The topological polar surface area (TPSA) is 187 Å². The maximum absolute atomic E-state index is 14.1. The minimum absolute atomic E-state index is 0.0340. The number of likely N-dealkylation sites (tertiary alicyclic amines) is 2. The van der Waals surface area contributed by atoms with E-state index < -0.39 is 24.3 Å². The molecule has 1 aromatic heterocycles. The van der Waals surface area contributed by atoms with E-state index in [1.54, 1.807) is 0 Å². The van der Waals surface area contributed by atoms with E-state index in [0.717, 1.165) is 74.9 Å². The third kappa shape index (κ3) is 9.16. The van der Waals surface area contributed by atoms with Crippen LogP contribution < -0.4 is 21.3 Å². The van der Waals surface area contributed by atoms with Crippen LogP contribution in [0.1, 0.15) is 133 Å². The molecule has 2 aromatic carbocycles. The van der Waals surface area contributed by atoms with Crippen LogP contribution in [0.2, 0.25) is 0 Å². The SMILES string of the molecule is COC(=O)N[C@H](C(=O)N1CCC[C@H]1c1ncc(-c2ccc(-c3ccc(C4CCC5NC([C@@H]6CCCN6C(=O)[C@@H](NC(=O)OC)C(C)C)NC(=O)C5C4)c4c3CC3(CCCC3)C4)cc2)[nH]1)C(C)C. The van der Waals surface area contributed by atoms with E-state index in [1.165, 1.54) is 67.7 Å². The molecule has 3 aromatic rings. The molecule has 5 N–H and O–H groups in total. The van der Waals surface area contributed by atoms with Gasteiger partial charge in [-0.15, -0.1) is 0 Å². The van der Waals surface area contributed by atoms with Gasteiger partial charge in [0, 0.05) is 19.1 Å². The molecule has 0 bridgehead atoms. The number of nitrogens with one attached hydrogen (secondary N) is 5. The fourth-order valence-corrected chi connectivity index (χ4v) is 12.7. The van der Waals surface area contributed by atoms with Gasteiger partial charge in [0.2, 0.25) is 17.7 Å². The molecular weight excluding hydrogens is 849 g/mol. The van der Waals surface area contributed by atoms with Gasteiger partial charge in [-0.3, -0.25) is 19.7 Å². The second-order valence-electron chi connectivity index (χ2n) is 21.0. The molecule has 1 spiro atoms. The average Bonchev–Trinajstić information content (AvgIpc) is 4.20. The van der Waals surface area contributed by atoms with Gasteiger partial charge in [-0.1, -0.05) is 76.9 Å². The summed E-state index contributed by atoms with van der Waals surface area (Å²) in [4.78, 5) is 77.9. The van der Waals surface area contributed by atoms with E-state index in [1.807, 2.05) is 43.7 Å². The summed E-state index contributed by atoms with van der Waals surface area (Å²) >= 11 is 0. The lowest BCUT2D eigenvalue weighted by molar-refractivity contribution is -0.139. The van der Waals surface area contributed by atoms with Gasteiger partial charge in [0.15, 0.2) is 0 Å². The number of hydrogen-bond donors (Lipinski definition) is 5. The number of carbonyl (C=O) groups excluding carboxylic acids is 5. The Bertz CT molecular complexity index is 2340. The number of alkyl carbamates (subject to hydrolysis) is 2. The number of methoxy groups -OCH3 is 2. The maximum atomic E-state index is 14.1. The van der Waals surface area contributed by atoms with Crippen LogP contribution >= 0.6 is 0 Å². The van der Waals surface area contributed by atoms with Crippen LogP contribution in [0.15, 0.2) is 42.6 Å². The smallest absolute Gasteiger partial charge is 0.407 e. The Kier molecular flexibility index (Phi) is 13.4. The number of aromatic amines is 1. The Morgan fingerprint density at radius 1 is 0.761 bits per heavy atom. The Labute approximate surface area is 394 Å². The Morgan fingerprint density at radius 2 is 1.39 bits per heavy atom. The summed E-state index contributed by atoms with van der Waals surface area (Å²) < 4.78 is 9.63. The van der Waals surface area contributed by atoms with Crippen molar-refractivity contribution in [2.24, 2.45) is 23.2 Å². The summed E-state index contributed by atoms with van der Waals surface area (Å²) in [5.74, 6) is 0.446. The highest BCUT2D eigenvalue weighted by Gasteiger charge is 2.48. The molecule has 2 saturated carbocycles. The summed E-state index contributed by atoms with van der Waals surface area (Å²) in [5, 5.41) is 12.6. The molecule has 3 saturated heterocycles. The molecule has 4 unspecified atom stereocenters. The number of nitrogens with zero attached hydrogens (tertiary/aromatic N) is 3. The van der Waals surface area contributed by atoms with Gasteiger partial charge in [-0.2, -0.15) is 0 Å². The molecule has 5 fully saturated rings. The van der Waals surface area contributed by atoms with Crippen LogP contribution in [0.3, 0.4) is 0 Å². The van der Waals surface area contributed by atoms with Crippen molar-refractivity contribution in [3.05, 3.63) is 65.1 Å². The third-order valence-corrected chi connectivity index (χ3v) is 16.3. The standard InChI is InChI=1S/C52H70N8O7/c1-29(2)43(56-50(64)66-5)48(62)59-23-9-11-41(59)45-53-28-40(55-45)32-15-13-31(14-16-32)34-18-19-35(38-27-52(26-37(34)38)21-7-8-22-52)33-17-20-39-36(25-33)47(61)58-46(54-39)42-12-10-24-60(42)49(63)44(30(3)4)57-51(65)67-6/h13-16,18-19,28-30,33,36,39,41-44,46,54H,7-12,17,20-27H2,1-6H3,(H,53,55)(H,56,64)(H,57,65)(H,58,61)/t33?,36?,39?,41-,42-,43-,44-,46?/m0/s1. The second-order valence-corrected chi connectivity index (χ2v) is 21.0. The van der Waals surface area contributed by atoms with Crippen LogP contribution in [0.4, 0.5) is 9.59 Å². The lowest BCUT2D eigenvalue weighted by Crippen LogP contribution is -2.68. The summed E-state index contributed by atoms with van der Waals surface area (Å²) in [6.07, 6.45) is 13.5. The summed E-state index contributed by atoms with van der Waals surface area (Å²) in [6, 6.07) is 11.7. The van der Waals surface area contributed by atoms with Crippen molar-refractivity contribution in [1.82, 2.24) is 41.0 Å². The van der Waals surface area contributed by atoms with Crippen LogP contribution in [-0.2, 0) is 36.7 Å². The highest BCUT2D eigenvalue weighted by Crippen LogP contribution is 2.54. The van der Waals surface area contributed by atoms with E-state index in [4.69, 9.17) is 14.5 Å². The lowest BCUT2D eigenvalue weighted by atomic mass is 9.72. The van der Waals surface area contributed by atoms with Crippen molar-refractivity contribution in [2.75, 3.05) is 27.3 Å². The molecule has 15 heteroatoms. The number of ether oxygens (including phenoxy) is 2. The van der Waals surface area contributed by atoms with Gasteiger partial charge in [0.1, 0.15) is 24.1 Å². The van der Waals surface area contributed by atoms with E-state index in [2.05, 4.69) is 62.6 Å². The summed E-state index contributed by atoms with van der Waals surface area (Å²) in [6.45, 7) is 8.84. The fraction of sp³-hybridized carbons (Fsp3) is 0.615. The maximum Gasteiger partial charge on any atom is 0.407 e. The number of carbonyl (C=O) groups is 5. The number of benzene rings is 2. The van der Waals surface area contributed by atoms with Crippen LogP contribution in [-0.4, -0.2) is 107 Å². The van der Waals surface area contributed by atoms with Gasteiger partial charge in [0.25, 0.3) is 0 Å². The molecule has 6 aliphatic rings. The minimum Gasteiger partial charge on any atom is -0.453 e. The van der Waals surface area contributed by atoms with Gasteiger partial charge in [-0.05, 0) is 127 Å². The van der Waals surface area contributed by atoms with Gasteiger partial charge in [-0.25, -0.2) is 14.6 Å². The zero-order valence-electron chi connectivity index (χ0n) is 40.1. The molecule has 67 heavy (non-hydrogen) atoms. The quantitative estimate of drug-likeness (QED) is 0.134. The zero-order chi connectivity index (χ0) is 47.1. The van der Waals surface area contributed by atoms with Crippen LogP contribution in [0.25, 0.3) is 22.4 Å². The van der Waals surface area contributed by atoms with Crippen LogP contribution in [0, 0.1) is 23.2 Å². The Balaban J connectivity index is 0.898. The van der Waals surface area contributed by atoms with Gasteiger partial charge >= 0.3 is 12.2 Å². The molecule has 3 aliphatic carbocycles. The highest BCUT2D eigenvalue weighted by molar-refractivity contribution is 5.87. The van der Waals surface area contributed by atoms with Crippen molar-refractivity contribution < 1.29 is 33.4 Å². The third-order valence-electron chi connectivity index (χ3n) is 16.3. The van der Waals surface area contributed by atoms with Crippen molar-refractivity contribution in [3.63, 3.8) is 0 Å². The molecule has 360 valence electrons. The molecular formula is C52H70N8O7. The van der Waals surface area contributed by atoms with Crippen molar-refractivity contribution >= 4 is 29.9 Å². The molecule has 9 rings (SSSR count). The lowest BCUT2D eigenvalue weighted by Gasteiger charge is -2.46. The first-order valence-corrected chi connectivity index (χ1v) is 24.9. The van der Waals surface area contributed by atoms with E-state index in [0.29, 0.717) is 18.5 Å². The van der Waals surface area contributed by atoms with Crippen LogP contribution in [0.5, 0.6) is 0 Å². The predicted octanol–water partition coefficient (Wildman–Crippen LogP) is 7.12. The molecule has 4 heterocycles. The van der Waals surface area contributed by atoms with Crippen molar-refractivity contribution in [3.8, 4) is 22.4 Å². The molecule has 15 nitrogen and oxygen atoms in total. The first-order chi connectivity index (χ1) is 32.3. The summed E-state index contributed by atoms with van der Waals surface area (Å²) in [7, 11) is 2.60. The number of rotatable bonds is 11. The minimum atomic E-state index is -0.708. The number of imidazole rings is 1. The first-order valence-electron chi connectivity index (χ1n) is 24.9. The number of amides is 5. The number of aromatic nitrogens is 2. The van der Waals surface area contributed by atoms with Gasteiger partial charge < -0.3 is 40.2 Å². The molecule has 0 radical (unpaired) electrons. The van der Waals surface area contributed by atoms with Gasteiger partial charge in [0.05, 0.1) is 44.1 Å². The van der Waals surface area contributed by atoms with E-state index in [-0.39, 0.29) is 65.7 Å². The van der Waals surface area contributed by atoms with E-state index in [9.17, 15) is 24.0 Å². The molecule has 3 aliphatic heterocycles. The van der Waals surface area contributed by atoms with Crippen molar-refractivity contribution in [1.29, 1.82) is 0 Å². The normalized spacial score (nSPS) is 26.3. The Morgan fingerprint density at radius 3 is 2.06 bits per heavy atom. The monoisotopic (exact) mass is 919 g/mol. The highest BCUT2D eigenvalue weighted by atomic mass is 16.5. The Hall–Kier alpha value is -5.44. The van der Waals surface area contributed by atoms with Crippen molar-refractivity contribution in [2.45, 2.75) is 153 Å². The largest absolute Gasteiger partial charge is 0.453 e. The predicted molar refractivity (Wildman–Crippen MR) is 253 cm³/mol.